The van der Waals surface area contributed by atoms with Crippen molar-refractivity contribution in [2.24, 2.45) is 0 Å². The quantitative estimate of drug-likeness (QED) is 0.833. The number of aromatic carboxylic acids is 1. The third kappa shape index (κ3) is 2.28. The second-order valence-corrected chi connectivity index (χ2v) is 3.21. The van der Waals surface area contributed by atoms with Crippen LogP contribution < -0.4 is 0 Å². The van der Waals surface area contributed by atoms with Gasteiger partial charge in [-0.2, -0.15) is 5.26 Å². The molecule has 6 heteroatoms. The summed E-state index contributed by atoms with van der Waals surface area (Å²) in [7, 11) is 0. The molecule has 3 nitrogen and oxygen atoms in total. The molecule has 0 aliphatic carbocycles. The number of hydrogen-bond acceptors (Lipinski definition) is 2. The minimum atomic E-state index is -2.86. The van der Waals surface area contributed by atoms with Gasteiger partial charge in [-0.1, -0.05) is 0 Å². The van der Waals surface area contributed by atoms with Gasteiger partial charge in [-0.3, -0.25) is 0 Å². The number of carboxylic acid groups (broad SMARTS) is 1. The molecule has 0 fully saturated rings. The molecule has 1 rings (SSSR count). The van der Waals surface area contributed by atoms with E-state index in [1.165, 1.54) is 0 Å². The molecule has 0 unspecified atom stereocenters. The SMILES string of the molecule is N#Cc1cc(C(=O)O)c(CCl)c(C(F)F)c1. The molecule has 1 aromatic rings. The molecule has 0 amide bonds. The van der Waals surface area contributed by atoms with Crippen molar-refractivity contribution in [1.29, 1.82) is 5.26 Å². The Labute approximate surface area is 94.9 Å². The normalized spacial score (nSPS) is 10.2. The third-order valence-electron chi connectivity index (χ3n) is 2.01. The zero-order chi connectivity index (χ0) is 12.3. The molecule has 0 saturated carbocycles. The number of halogens is 3. The van der Waals surface area contributed by atoms with Gasteiger partial charge < -0.3 is 5.11 Å². The summed E-state index contributed by atoms with van der Waals surface area (Å²) in [4.78, 5) is 10.8. The number of nitriles is 1. The first-order chi connectivity index (χ1) is 7.51. The number of benzene rings is 1. The molecule has 0 spiro atoms. The van der Waals surface area contributed by atoms with E-state index in [1.54, 1.807) is 6.07 Å². The molecular weight excluding hydrogens is 240 g/mol. The lowest BCUT2D eigenvalue weighted by molar-refractivity contribution is 0.0695. The average molecular weight is 246 g/mol. The van der Waals surface area contributed by atoms with Crippen molar-refractivity contribution in [3.63, 3.8) is 0 Å². The second kappa shape index (κ2) is 4.90. The molecule has 0 radical (unpaired) electrons. The summed E-state index contributed by atoms with van der Waals surface area (Å²) in [5, 5.41) is 17.4. The predicted octanol–water partition coefficient (Wildman–Crippen LogP) is 2.93. The molecule has 0 bridgehead atoms. The predicted molar refractivity (Wildman–Crippen MR) is 52.6 cm³/mol. The van der Waals surface area contributed by atoms with Crippen LogP contribution in [0.25, 0.3) is 0 Å². The van der Waals surface area contributed by atoms with Crippen molar-refractivity contribution in [2.45, 2.75) is 12.3 Å². The largest absolute Gasteiger partial charge is 0.478 e. The number of carbonyl (C=O) groups is 1. The van der Waals surface area contributed by atoms with E-state index in [2.05, 4.69) is 0 Å². The summed E-state index contributed by atoms with van der Waals surface area (Å²) in [5.41, 5.74) is -1.14. The highest BCUT2D eigenvalue weighted by molar-refractivity contribution is 6.17. The van der Waals surface area contributed by atoms with Crippen LogP contribution in [0.1, 0.15) is 33.5 Å². The van der Waals surface area contributed by atoms with Crippen LogP contribution in [-0.4, -0.2) is 11.1 Å². The summed E-state index contributed by atoms with van der Waals surface area (Å²) in [5.74, 6) is -1.72. The number of alkyl halides is 3. The van der Waals surface area contributed by atoms with Gasteiger partial charge in [-0.05, 0) is 17.7 Å². The van der Waals surface area contributed by atoms with Crippen molar-refractivity contribution >= 4 is 17.6 Å². The zero-order valence-corrected chi connectivity index (χ0v) is 8.63. The van der Waals surface area contributed by atoms with Crippen LogP contribution in [0.15, 0.2) is 12.1 Å². The van der Waals surface area contributed by atoms with Gasteiger partial charge in [0.15, 0.2) is 0 Å². The smallest absolute Gasteiger partial charge is 0.336 e. The molecule has 0 saturated heterocycles. The monoisotopic (exact) mass is 245 g/mol. The first-order valence-electron chi connectivity index (χ1n) is 4.15. The molecule has 0 aliphatic heterocycles. The van der Waals surface area contributed by atoms with Gasteiger partial charge in [-0.25, -0.2) is 13.6 Å². The van der Waals surface area contributed by atoms with Crippen LogP contribution in [0.2, 0.25) is 0 Å². The van der Waals surface area contributed by atoms with Crippen molar-refractivity contribution in [3.8, 4) is 6.07 Å². The average Bonchev–Trinajstić information content (AvgIpc) is 2.26. The Morgan fingerprint density at radius 3 is 2.56 bits per heavy atom. The van der Waals surface area contributed by atoms with E-state index in [-0.39, 0.29) is 22.6 Å². The van der Waals surface area contributed by atoms with E-state index in [4.69, 9.17) is 22.0 Å². The van der Waals surface area contributed by atoms with Crippen LogP contribution in [0.5, 0.6) is 0 Å². The standard InChI is InChI=1S/C10H6ClF2NO2/c11-3-8-6(9(12)13)1-5(4-14)2-7(8)10(15)16/h1-2,9H,3H2,(H,15,16). The summed E-state index contributed by atoms with van der Waals surface area (Å²) in [6.45, 7) is 0. The fraction of sp³-hybridized carbons (Fsp3) is 0.200. The van der Waals surface area contributed by atoms with E-state index in [0.717, 1.165) is 12.1 Å². The first-order valence-corrected chi connectivity index (χ1v) is 4.69. The third-order valence-corrected chi connectivity index (χ3v) is 2.28. The van der Waals surface area contributed by atoms with Crippen LogP contribution in [-0.2, 0) is 5.88 Å². The van der Waals surface area contributed by atoms with Crippen molar-refractivity contribution in [2.75, 3.05) is 0 Å². The first kappa shape index (κ1) is 12.4. The summed E-state index contributed by atoms with van der Waals surface area (Å²) in [6, 6.07) is 3.62. The summed E-state index contributed by atoms with van der Waals surface area (Å²) < 4.78 is 25.2. The number of rotatable bonds is 3. The van der Waals surface area contributed by atoms with E-state index in [0.29, 0.717) is 0 Å². The van der Waals surface area contributed by atoms with Gasteiger partial charge in [-0.15, -0.1) is 11.6 Å². The van der Waals surface area contributed by atoms with E-state index < -0.39 is 18.0 Å². The minimum Gasteiger partial charge on any atom is -0.478 e. The number of nitrogens with zero attached hydrogens (tertiary/aromatic N) is 1. The lowest BCUT2D eigenvalue weighted by atomic mass is 9.99. The van der Waals surface area contributed by atoms with Gasteiger partial charge in [0.1, 0.15) is 0 Å². The van der Waals surface area contributed by atoms with Crippen LogP contribution >= 0.6 is 11.6 Å². The van der Waals surface area contributed by atoms with Gasteiger partial charge in [0, 0.05) is 11.4 Å². The fourth-order valence-electron chi connectivity index (χ4n) is 1.29. The molecule has 0 aliphatic rings. The van der Waals surface area contributed by atoms with Gasteiger partial charge >= 0.3 is 5.97 Å². The highest BCUT2D eigenvalue weighted by atomic mass is 35.5. The molecular formula is C10H6ClF2NO2. The minimum absolute atomic E-state index is 0.124. The second-order valence-electron chi connectivity index (χ2n) is 2.94. The van der Waals surface area contributed by atoms with Crippen molar-refractivity contribution < 1.29 is 18.7 Å². The topological polar surface area (TPSA) is 61.1 Å². The molecule has 0 aromatic heterocycles. The molecule has 0 atom stereocenters. The number of hydrogen-bond donors (Lipinski definition) is 1. The Morgan fingerprint density at radius 2 is 2.19 bits per heavy atom. The maximum atomic E-state index is 12.6. The summed E-state index contributed by atoms with van der Waals surface area (Å²) in [6.07, 6.45) is -2.86. The maximum Gasteiger partial charge on any atom is 0.336 e. The van der Waals surface area contributed by atoms with E-state index >= 15 is 0 Å². The maximum absolute atomic E-state index is 12.6. The number of carboxylic acids is 1. The lowest BCUT2D eigenvalue weighted by Crippen LogP contribution is -2.06. The molecule has 0 heterocycles. The Balaban J connectivity index is 3.54. The highest BCUT2D eigenvalue weighted by Crippen LogP contribution is 2.28. The Bertz CT molecular complexity index is 469. The van der Waals surface area contributed by atoms with Gasteiger partial charge in [0.2, 0.25) is 0 Å². The van der Waals surface area contributed by atoms with Gasteiger partial charge in [0.05, 0.1) is 17.2 Å². The Kier molecular flexibility index (Phi) is 3.80. The van der Waals surface area contributed by atoms with Crippen LogP contribution in [0.4, 0.5) is 8.78 Å². The van der Waals surface area contributed by atoms with E-state index in [1.807, 2.05) is 0 Å². The Hall–Kier alpha value is -1.67. The molecule has 16 heavy (non-hydrogen) atoms. The van der Waals surface area contributed by atoms with Gasteiger partial charge in [0.25, 0.3) is 6.43 Å². The van der Waals surface area contributed by atoms with E-state index in [9.17, 15) is 13.6 Å². The molecule has 1 aromatic carbocycles. The van der Waals surface area contributed by atoms with Crippen molar-refractivity contribution in [3.05, 3.63) is 34.4 Å². The van der Waals surface area contributed by atoms with Crippen molar-refractivity contribution in [1.82, 2.24) is 0 Å². The summed E-state index contributed by atoms with van der Waals surface area (Å²) >= 11 is 5.44. The van der Waals surface area contributed by atoms with Crippen LogP contribution in [0.3, 0.4) is 0 Å². The molecule has 84 valence electrons. The zero-order valence-electron chi connectivity index (χ0n) is 7.88. The highest BCUT2D eigenvalue weighted by Gasteiger charge is 2.20. The fourth-order valence-corrected chi connectivity index (χ4v) is 1.59. The Morgan fingerprint density at radius 1 is 1.56 bits per heavy atom. The lowest BCUT2D eigenvalue weighted by Gasteiger charge is -2.10. The molecule has 1 N–H and O–H groups in total. The van der Waals surface area contributed by atoms with Crippen LogP contribution in [0, 0.1) is 11.3 Å².